The molecule has 0 aromatic heterocycles. The lowest BCUT2D eigenvalue weighted by molar-refractivity contribution is -0.185. The molecule has 4 nitrogen and oxygen atoms in total. The standard InChI is InChI=1S/C15H22F6N4/c1-22-13(11-8-24(2)23-12(11)15(19,20)21)25(3)10-6-4-5-9(7-10)14(16,17)18/h9-11H,4-8H2,1-3H3. The maximum absolute atomic E-state index is 13.2. The molecule has 3 unspecified atom stereocenters. The first-order valence-electron chi connectivity index (χ1n) is 8.08. The predicted octanol–water partition coefficient (Wildman–Crippen LogP) is 3.55. The summed E-state index contributed by atoms with van der Waals surface area (Å²) in [4.78, 5) is 5.47. The highest BCUT2D eigenvalue weighted by Crippen LogP contribution is 2.39. The van der Waals surface area contributed by atoms with E-state index in [2.05, 4.69) is 10.1 Å². The van der Waals surface area contributed by atoms with Crippen molar-refractivity contribution in [2.75, 3.05) is 27.7 Å². The molecule has 1 saturated carbocycles. The van der Waals surface area contributed by atoms with Crippen molar-refractivity contribution < 1.29 is 26.3 Å². The number of nitrogens with zero attached hydrogens (tertiary/aromatic N) is 4. The number of amidine groups is 1. The molecule has 0 amide bonds. The lowest BCUT2D eigenvalue weighted by Crippen LogP contribution is -2.48. The van der Waals surface area contributed by atoms with Crippen molar-refractivity contribution in [1.82, 2.24) is 9.91 Å². The number of aliphatic imine (C=N–C) groups is 1. The van der Waals surface area contributed by atoms with Crippen molar-refractivity contribution in [2.24, 2.45) is 21.9 Å². The molecule has 144 valence electrons. The molecule has 25 heavy (non-hydrogen) atoms. The van der Waals surface area contributed by atoms with Gasteiger partial charge >= 0.3 is 12.4 Å². The minimum atomic E-state index is -4.60. The van der Waals surface area contributed by atoms with Crippen LogP contribution in [-0.4, -0.2) is 67.5 Å². The van der Waals surface area contributed by atoms with E-state index in [4.69, 9.17) is 0 Å². The summed E-state index contributed by atoms with van der Waals surface area (Å²) in [6, 6.07) is -0.487. The van der Waals surface area contributed by atoms with E-state index < -0.39 is 35.9 Å². The Hall–Kier alpha value is -1.48. The Morgan fingerprint density at radius 3 is 2.36 bits per heavy atom. The minimum absolute atomic E-state index is 0.00127. The van der Waals surface area contributed by atoms with Crippen molar-refractivity contribution in [3.8, 4) is 0 Å². The first-order valence-corrected chi connectivity index (χ1v) is 8.08. The monoisotopic (exact) mass is 372 g/mol. The minimum Gasteiger partial charge on any atom is -0.360 e. The average molecular weight is 372 g/mol. The van der Waals surface area contributed by atoms with Crippen molar-refractivity contribution in [3.05, 3.63) is 0 Å². The van der Waals surface area contributed by atoms with Gasteiger partial charge in [-0.05, 0) is 19.3 Å². The third-order valence-electron chi connectivity index (χ3n) is 4.91. The normalized spacial score (nSPS) is 29.0. The van der Waals surface area contributed by atoms with Gasteiger partial charge in [0.25, 0.3) is 0 Å². The fraction of sp³-hybridized carbons (Fsp3) is 0.867. The zero-order chi connectivity index (χ0) is 19.0. The van der Waals surface area contributed by atoms with E-state index in [-0.39, 0.29) is 25.2 Å². The highest BCUT2D eigenvalue weighted by Gasteiger charge is 2.49. The van der Waals surface area contributed by atoms with Crippen LogP contribution in [0.1, 0.15) is 25.7 Å². The second-order valence-corrected chi connectivity index (χ2v) is 6.63. The van der Waals surface area contributed by atoms with Gasteiger partial charge in [0.05, 0.1) is 18.4 Å². The van der Waals surface area contributed by atoms with Crippen molar-refractivity contribution >= 4 is 11.5 Å². The van der Waals surface area contributed by atoms with Crippen molar-refractivity contribution in [2.45, 2.75) is 44.1 Å². The van der Waals surface area contributed by atoms with E-state index >= 15 is 0 Å². The van der Waals surface area contributed by atoms with Crippen LogP contribution in [-0.2, 0) is 0 Å². The molecule has 0 bridgehead atoms. The van der Waals surface area contributed by atoms with Gasteiger partial charge in [0, 0.05) is 27.2 Å². The van der Waals surface area contributed by atoms with E-state index in [1.807, 2.05) is 0 Å². The second-order valence-electron chi connectivity index (χ2n) is 6.63. The van der Waals surface area contributed by atoms with E-state index in [1.165, 1.54) is 31.1 Å². The molecule has 2 aliphatic rings. The maximum Gasteiger partial charge on any atom is 0.431 e. The molecule has 0 aromatic rings. The highest BCUT2D eigenvalue weighted by atomic mass is 19.4. The predicted molar refractivity (Wildman–Crippen MR) is 82.5 cm³/mol. The van der Waals surface area contributed by atoms with Gasteiger partial charge in [-0.25, -0.2) is 0 Å². The number of halogens is 6. The number of rotatable bonds is 2. The molecular weight excluding hydrogens is 350 g/mol. The van der Waals surface area contributed by atoms with Crippen LogP contribution in [0.5, 0.6) is 0 Å². The summed E-state index contributed by atoms with van der Waals surface area (Å²) in [6.45, 7) is 0.00127. The zero-order valence-corrected chi connectivity index (χ0v) is 14.3. The first-order chi connectivity index (χ1) is 11.4. The summed E-state index contributed by atoms with van der Waals surface area (Å²) in [7, 11) is 4.32. The van der Waals surface area contributed by atoms with Gasteiger partial charge in [-0.15, -0.1) is 0 Å². The fourth-order valence-corrected chi connectivity index (χ4v) is 3.66. The molecule has 1 fully saturated rings. The summed E-state index contributed by atoms with van der Waals surface area (Å²) in [5, 5.41) is 4.72. The summed E-state index contributed by atoms with van der Waals surface area (Å²) in [5.74, 6) is -2.38. The topological polar surface area (TPSA) is 31.2 Å². The molecule has 0 saturated heterocycles. The van der Waals surface area contributed by atoms with Gasteiger partial charge in [-0.1, -0.05) is 6.42 Å². The van der Waals surface area contributed by atoms with E-state index in [1.54, 1.807) is 0 Å². The summed E-state index contributed by atoms with van der Waals surface area (Å²) >= 11 is 0. The van der Waals surface area contributed by atoms with E-state index in [9.17, 15) is 26.3 Å². The molecule has 0 spiro atoms. The average Bonchev–Trinajstić information content (AvgIpc) is 2.89. The Labute approximate surface area is 142 Å². The van der Waals surface area contributed by atoms with Gasteiger partial charge in [-0.3, -0.25) is 10.0 Å². The highest BCUT2D eigenvalue weighted by molar-refractivity contribution is 6.09. The van der Waals surface area contributed by atoms with Gasteiger partial charge in [-0.2, -0.15) is 31.4 Å². The molecule has 0 radical (unpaired) electrons. The van der Waals surface area contributed by atoms with Gasteiger partial charge in [0.1, 0.15) is 5.84 Å². The van der Waals surface area contributed by atoms with Crippen molar-refractivity contribution in [3.63, 3.8) is 0 Å². The molecule has 1 aliphatic carbocycles. The molecule has 10 heteroatoms. The molecule has 0 N–H and O–H groups in total. The van der Waals surface area contributed by atoms with E-state index in [0.29, 0.717) is 12.8 Å². The van der Waals surface area contributed by atoms with Crippen LogP contribution >= 0.6 is 0 Å². The fourth-order valence-electron chi connectivity index (χ4n) is 3.66. The SMILES string of the molecule is CN=C(C1CN(C)N=C1C(F)(F)F)N(C)C1CCCC(C(F)(F)F)C1. The van der Waals surface area contributed by atoms with Gasteiger partial charge in [0.15, 0.2) is 5.71 Å². The Morgan fingerprint density at radius 1 is 1.20 bits per heavy atom. The Balaban J connectivity index is 2.19. The molecule has 2 rings (SSSR count). The third kappa shape index (κ3) is 4.38. The smallest absolute Gasteiger partial charge is 0.360 e. The maximum atomic E-state index is 13.2. The summed E-state index contributed by atoms with van der Waals surface area (Å²) in [5.41, 5.74) is -0.953. The van der Waals surface area contributed by atoms with Crippen LogP contribution in [0.2, 0.25) is 0 Å². The third-order valence-corrected chi connectivity index (χ3v) is 4.91. The van der Waals surface area contributed by atoms with Crippen LogP contribution in [0.3, 0.4) is 0 Å². The largest absolute Gasteiger partial charge is 0.431 e. The van der Waals surface area contributed by atoms with Crippen LogP contribution in [0, 0.1) is 11.8 Å². The Kier molecular flexibility index (Phi) is 5.58. The molecule has 1 aliphatic heterocycles. The summed E-state index contributed by atoms with van der Waals surface area (Å²) < 4.78 is 78.7. The number of hydrogen-bond acceptors (Lipinski definition) is 3. The van der Waals surface area contributed by atoms with Crippen LogP contribution in [0.15, 0.2) is 10.1 Å². The quantitative estimate of drug-likeness (QED) is 0.422. The van der Waals surface area contributed by atoms with Crippen LogP contribution < -0.4 is 0 Å². The Morgan fingerprint density at radius 2 is 1.84 bits per heavy atom. The molecule has 0 aromatic carbocycles. The zero-order valence-electron chi connectivity index (χ0n) is 14.3. The van der Waals surface area contributed by atoms with Crippen LogP contribution in [0.25, 0.3) is 0 Å². The number of hydrazone groups is 1. The van der Waals surface area contributed by atoms with E-state index in [0.717, 1.165) is 0 Å². The lowest BCUT2D eigenvalue weighted by Gasteiger charge is -2.39. The second kappa shape index (κ2) is 7.03. The van der Waals surface area contributed by atoms with Crippen molar-refractivity contribution in [1.29, 1.82) is 0 Å². The van der Waals surface area contributed by atoms with Crippen LogP contribution in [0.4, 0.5) is 26.3 Å². The van der Waals surface area contributed by atoms with Gasteiger partial charge in [0.2, 0.25) is 0 Å². The molecule has 3 atom stereocenters. The first kappa shape index (κ1) is 19.8. The molecule has 1 heterocycles. The molecular formula is C15H22F6N4. The Bertz CT molecular complexity index is 539. The lowest BCUT2D eigenvalue weighted by atomic mass is 9.84. The number of hydrogen-bond donors (Lipinski definition) is 0. The summed E-state index contributed by atoms with van der Waals surface area (Å²) in [6.07, 6.45) is -8.06. The van der Waals surface area contributed by atoms with Gasteiger partial charge < -0.3 is 4.90 Å². The number of alkyl halides is 6.